The maximum Gasteiger partial charge on any atom is 0.336 e. The molecule has 0 saturated heterocycles. The summed E-state index contributed by atoms with van der Waals surface area (Å²) in [5.41, 5.74) is 1.85. The highest BCUT2D eigenvalue weighted by Crippen LogP contribution is 2.33. The van der Waals surface area contributed by atoms with Gasteiger partial charge in [-0.05, 0) is 43.4 Å². The van der Waals surface area contributed by atoms with E-state index in [4.69, 9.17) is 0 Å². The van der Waals surface area contributed by atoms with Crippen LogP contribution in [-0.2, 0) is 6.42 Å². The third-order valence-electron chi connectivity index (χ3n) is 4.11. The number of hydrogen-bond acceptors (Lipinski definition) is 2. The first-order valence-corrected chi connectivity index (χ1v) is 6.99. The van der Waals surface area contributed by atoms with E-state index >= 15 is 0 Å². The molecule has 1 aliphatic heterocycles. The Bertz CT molecular complexity index is 566. The topological polar surface area (TPSA) is 60.9 Å². The molecule has 1 N–H and O–H groups in total. The Morgan fingerprint density at radius 1 is 1.35 bits per heavy atom. The monoisotopic (exact) mass is 274 g/mol. The number of carboxylic acids is 1. The highest BCUT2D eigenvalue weighted by molar-refractivity contribution is 5.97. The van der Waals surface area contributed by atoms with Crippen LogP contribution in [0.4, 0.5) is 10.5 Å². The van der Waals surface area contributed by atoms with Gasteiger partial charge in [0.1, 0.15) is 0 Å². The SMILES string of the molecule is CN(C(=O)N1CCCc2c(C(=O)O)cccc21)C1CC1. The van der Waals surface area contributed by atoms with Gasteiger partial charge in [0.15, 0.2) is 0 Å². The molecule has 2 amide bonds. The van der Waals surface area contributed by atoms with E-state index in [1.165, 1.54) is 0 Å². The zero-order valence-electron chi connectivity index (χ0n) is 11.5. The van der Waals surface area contributed by atoms with Gasteiger partial charge in [-0.3, -0.25) is 4.90 Å². The van der Waals surface area contributed by atoms with Crippen molar-refractivity contribution in [1.29, 1.82) is 0 Å². The van der Waals surface area contributed by atoms with Gasteiger partial charge in [0.05, 0.1) is 5.56 Å². The van der Waals surface area contributed by atoms with Crippen molar-refractivity contribution in [3.05, 3.63) is 29.3 Å². The summed E-state index contributed by atoms with van der Waals surface area (Å²) in [6.45, 7) is 0.659. The number of carboxylic acid groups (broad SMARTS) is 1. The maximum absolute atomic E-state index is 12.5. The Morgan fingerprint density at radius 3 is 2.75 bits per heavy atom. The standard InChI is InChI=1S/C15H18N2O3/c1-16(10-7-8-10)15(20)17-9-3-5-11-12(14(18)19)4-2-6-13(11)17/h2,4,6,10H,3,5,7-9H2,1H3,(H,18,19). The summed E-state index contributed by atoms with van der Waals surface area (Å²) in [4.78, 5) is 27.3. The van der Waals surface area contributed by atoms with Gasteiger partial charge in [-0.15, -0.1) is 0 Å². The number of nitrogens with zero attached hydrogens (tertiary/aromatic N) is 2. The molecule has 5 nitrogen and oxygen atoms in total. The van der Waals surface area contributed by atoms with Gasteiger partial charge in [-0.2, -0.15) is 0 Å². The smallest absolute Gasteiger partial charge is 0.336 e. The minimum atomic E-state index is -0.924. The summed E-state index contributed by atoms with van der Waals surface area (Å²) in [6.07, 6.45) is 3.66. The first kappa shape index (κ1) is 13.0. The average molecular weight is 274 g/mol. The minimum absolute atomic E-state index is 0.0176. The summed E-state index contributed by atoms with van der Waals surface area (Å²) in [7, 11) is 1.83. The second kappa shape index (κ2) is 4.81. The molecule has 1 heterocycles. The third-order valence-corrected chi connectivity index (χ3v) is 4.11. The number of rotatable bonds is 2. The Labute approximate surface area is 117 Å². The Balaban J connectivity index is 1.95. The lowest BCUT2D eigenvalue weighted by Gasteiger charge is -2.33. The number of amides is 2. The van der Waals surface area contributed by atoms with E-state index in [0.717, 1.165) is 30.5 Å². The van der Waals surface area contributed by atoms with E-state index in [9.17, 15) is 14.7 Å². The minimum Gasteiger partial charge on any atom is -0.478 e. The fourth-order valence-corrected chi connectivity index (χ4v) is 2.83. The van der Waals surface area contributed by atoms with E-state index in [1.807, 2.05) is 13.1 Å². The number of hydrogen-bond donors (Lipinski definition) is 1. The second-order valence-electron chi connectivity index (χ2n) is 5.49. The van der Waals surface area contributed by atoms with Crippen LogP contribution in [0, 0.1) is 0 Å². The van der Waals surface area contributed by atoms with E-state index < -0.39 is 5.97 Å². The largest absolute Gasteiger partial charge is 0.478 e. The third kappa shape index (κ3) is 2.13. The molecule has 0 spiro atoms. The van der Waals surface area contributed by atoms with Crippen molar-refractivity contribution in [2.45, 2.75) is 31.7 Å². The van der Waals surface area contributed by atoms with Crippen molar-refractivity contribution in [2.75, 3.05) is 18.5 Å². The lowest BCUT2D eigenvalue weighted by molar-refractivity contribution is 0.0695. The predicted octanol–water partition coefficient (Wildman–Crippen LogP) is 2.35. The molecule has 1 aromatic carbocycles. The molecule has 1 saturated carbocycles. The fraction of sp³-hybridized carbons (Fsp3) is 0.467. The zero-order valence-corrected chi connectivity index (χ0v) is 11.5. The quantitative estimate of drug-likeness (QED) is 0.900. The van der Waals surface area contributed by atoms with Crippen molar-refractivity contribution in [1.82, 2.24) is 4.90 Å². The van der Waals surface area contributed by atoms with Crippen LogP contribution in [0.5, 0.6) is 0 Å². The molecule has 0 aromatic heterocycles. The van der Waals surface area contributed by atoms with Gasteiger partial charge in [0.2, 0.25) is 0 Å². The first-order valence-electron chi connectivity index (χ1n) is 6.99. The highest BCUT2D eigenvalue weighted by atomic mass is 16.4. The molecule has 3 rings (SSSR count). The van der Waals surface area contributed by atoms with Crippen LogP contribution in [0.15, 0.2) is 18.2 Å². The number of carbonyl (C=O) groups excluding carboxylic acids is 1. The maximum atomic E-state index is 12.5. The molecular weight excluding hydrogens is 256 g/mol. The Morgan fingerprint density at radius 2 is 2.10 bits per heavy atom. The van der Waals surface area contributed by atoms with E-state index in [-0.39, 0.29) is 6.03 Å². The van der Waals surface area contributed by atoms with Gasteiger partial charge < -0.3 is 10.0 Å². The molecule has 5 heteroatoms. The van der Waals surface area contributed by atoms with Gasteiger partial charge in [-0.1, -0.05) is 6.07 Å². The Kier molecular flexibility index (Phi) is 3.12. The van der Waals surface area contributed by atoms with E-state index in [1.54, 1.807) is 21.9 Å². The molecule has 0 atom stereocenters. The molecular formula is C15H18N2O3. The van der Waals surface area contributed by atoms with Gasteiger partial charge >= 0.3 is 12.0 Å². The summed E-state index contributed by atoms with van der Waals surface area (Å²) < 4.78 is 0. The lowest BCUT2D eigenvalue weighted by Crippen LogP contribution is -2.44. The highest BCUT2D eigenvalue weighted by Gasteiger charge is 2.34. The van der Waals surface area contributed by atoms with Gasteiger partial charge in [0, 0.05) is 25.3 Å². The molecule has 1 aliphatic carbocycles. The number of fused-ring (bicyclic) bond motifs is 1. The van der Waals surface area contributed by atoms with Crippen LogP contribution < -0.4 is 4.90 Å². The van der Waals surface area contributed by atoms with Crippen LogP contribution in [0.3, 0.4) is 0 Å². The average Bonchev–Trinajstić information content (AvgIpc) is 3.28. The number of aromatic carboxylic acids is 1. The summed E-state index contributed by atoms with van der Waals surface area (Å²) in [5.74, 6) is -0.924. The van der Waals surface area contributed by atoms with Crippen LogP contribution in [0.1, 0.15) is 35.2 Å². The van der Waals surface area contributed by atoms with Crippen LogP contribution in [0.2, 0.25) is 0 Å². The van der Waals surface area contributed by atoms with Crippen LogP contribution in [-0.4, -0.2) is 41.6 Å². The lowest BCUT2D eigenvalue weighted by atomic mass is 9.96. The number of benzene rings is 1. The molecule has 0 unspecified atom stereocenters. The summed E-state index contributed by atoms with van der Waals surface area (Å²) in [5, 5.41) is 9.26. The van der Waals surface area contributed by atoms with Crippen molar-refractivity contribution in [2.24, 2.45) is 0 Å². The number of carbonyl (C=O) groups is 2. The fourth-order valence-electron chi connectivity index (χ4n) is 2.83. The summed E-state index contributed by atoms with van der Waals surface area (Å²) >= 11 is 0. The van der Waals surface area contributed by atoms with Crippen molar-refractivity contribution >= 4 is 17.7 Å². The van der Waals surface area contributed by atoms with Gasteiger partial charge in [-0.25, -0.2) is 9.59 Å². The van der Waals surface area contributed by atoms with Crippen LogP contribution >= 0.6 is 0 Å². The molecule has 1 aromatic rings. The number of anilines is 1. The van der Waals surface area contributed by atoms with E-state index in [0.29, 0.717) is 24.6 Å². The van der Waals surface area contributed by atoms with Crippen molar-refractivity contribution < 1.29 is 14.7 Å². The second-order valence-corrected chi connectivity index (χ2v) is 5.49. The Hall–Kier alpha value is -2.04. The van der Waals surface area contributed by atoms with Crippen molar-refractivity contribution in [3.63, 3.8) is 0 Å². The molecule has 20 heavy (non-hydrogen) atoms. The van der Waals surface area contributed by atoms with Crippen molar-refractivity contribution in [3.8, 4) is 0 Å². The van der Waals surface area contributed by atoms with Crippen LogP contribution in [0.25, 0.3) is 0 Å². The molecule has 1 fully saturated rings. The predicted molar refractivity (Wildman–Crippen MR) is 75.2 cm³/mol. The number of urea groups is 1. The summed E-state index contributed by atoms with van der Waals surface area (Å²) in [6, 6.07) is 5.51. The van der Waals surface area contributed by atoms with E-state index in [2.05, 4.69) is 0 Å². The molecule has 0 bridgehead atoms. The first-order chi connectivity index (χ1) is 9.59. The molecule has 0 radical (unpaired) electrons. The zero-order chi connectivity index (χ0) is 14.3. The molecule has 106 valence electrons. The normalized spacial score (nSPS) is 17.6. The van der Waals surface area contributed by atoms with Gasteiger partial charge in [0.25, 0.3) is 0 Å². The molecule has 2 aliphatic rings.